The lowest BCUT2D eigenvalue weighted by molar-refractivity contribution is -0.123. The van der Waals surface area contributed by atoms with Crippen LogP contribution < -0.4 is 10.6 Å². The van der Waals surface area contributed by atoms with Gasteiger partial charge >= 0.3 is 0 Å². The third-order valence-electron chi connectivity index (χ3n) is 3.11. The molecule has 7 heteroatoms. The fourth-order valence-corrected chi connectivity index (χ4v) is 1.90. The first-order valence-electron chi connectivity index (χ1n) is 5.46. The summed E-state index contributed by atoms with van der Waals surface area (Å²) >= 11 is 0. The van der Waals surface area contributed by atoms with E-state index in [1.807, 2.05) is 0 Å². The number of amides is 1. The largest absolute Gasteiger partial charge is 0.351 e. The fourth-order valence-electron chi connectivity index (χ4n) is 1.50. The number of rotatable bonds is 3. The maximum absolute atomic E-state index is 11.9. The zero-order valence-electron chi connectivity index (χ0n) is 10.4. The first-order valence-corrected chi connectivity index (χ1v) is 7.35. The molecule has 0 bridgehead atoms. The summed E-state index contributed by atoms with van der Waals surface area (Å²) in [6.45, 7) is 4.55. The van der Waals surface area contributed by atoms with Gasteiger partial charge < -0.3 is 10.6 Å². The molecule has 0 saturated carbocycles. The predicted molar refractivity (Wildman–Crippen MR) is 70.2 cm³/mol. The summed E-state index contributed by atoms with van der Waals surface area (Å²) in [5.74, 6) is -0.413. The minimum Gasteiger partial charge on any atom is -0.351 e. The van der Waals surface area contributed by atoms with Crippen molar-refractivity contribution in [2.24, 2.45) is 0 Å². The predicted octanol–water partition coefficient (Wildman–Crippen LogP) is 0.0996. The first kappa shape index (κ1) is 16.7. The minimum atomic E-state index is -3.38. The molecular weight excluding hydrogens is 264 g/mol. The van der Waals surface area contributed by atoms with E-state index in [0.717, 1.165) is 25.6 Å². The van der Waals surface area contributed by atoms with Crippen LogP contribution in [0.15, 0.2) is 0 Å². The van der Waals surface area contributed by atoms with Gasteiger partial charge in [0.2, 0.25) is 5.91 Å². The van der Waals surface area contributed by atoms with Crippen LogP contribution in [0.1, 0.15) is 26.7 Å². The molecule has 2 N–H and O–H groups in total. The third kappa shape index (κ3) is 4.12. The Balaban J connectivity index is 0.00000256. The van der Waals surface area contributed by atoms with Gasteiger partial charge in [-0.25, -0.2) is 8.42 Å². The van der Waals surface area contributed by atoms with Crippen LogP contribution in [0.5, 0.6) is 0 Å². The van der Waals surface area contributed by atoms with E-state index in [4.69, 9.17) is 0 Å². The fraction of sp³-hybridized carbons (Fsp3) is 0.900. The van der Waals surface area contributed by atoms with Crippen LogP contribution in [0.4, 0.5) is 0 Å². The molecule has 5 nitrogen and oxygen atoms in total. The number of carbonyl (C=O) groups is 1. The van der Waals surface area contributed by atoms with Gasteiger partial charge in [0.25, 0.3) is 0 Å². The molecule has 0 radical (unpaired) electrons. The van der Waals surface area contributed by atoms with Gasteiger partial charge in [-0.1, -0.05) is 0 Å². The molecular formula is C10H21ClN2O3S. The van der Waals surface area contributed by atoms with Gasteiger partial charge in [0.05, 0.1) is 0 Å². The second-order valence-corrected chi connectivity index (χ2v) is 7.36. The summed E-state index contributed by atoms with van der Waals surface area (Å²) in [7, 11) is -3.38. The number of hydrogen-bond acceptors (Lipinski definition) is 4. The highest BCUT2D eigenvalue weighted by Crippen LogP contribution is 2.16. The van der Waals surface area contributed by atoms with Crippen molar-refractivity contribution < 1.29 is 13.2 Å². The van der Waals surface area contributed by atoms with E-state index in [1.165, 1.54) is 13.8 Å². The average molecular weight is 285 g/mol. The van der Waals surface area contributed by atoms with Gasteiger partial charge in [-0.15, -0.1) is 12.4 Å². The Morgan fingerprint density at radius 1 is 1.41 bits per heavy atom. The summed E-state index contributed by atoms with van der Waals surface area (Å²) < 4.78 is 21.6. The Morgan fingerprint density at radius 3 is 2.41 bits per heavy atom. The molecule has 102 valence electrons. The highest BCUT2D eigenvalue weighted by atomic mass is 35.5. The Hall–Kier alpha value is -0.330. The summed E-state index contributed by atoms with van der Waals surface area (Å²) in [6.07, 6.45) is 2.99. The van der Waals surface area contributed by atoms with Crippen LogP contribution in [0.2, 0.25) is 0 Å². The Labute approximate surface area is 109 Å². The molecule has 1 atom stereocenters. The van der Waals surface area contributed by atoms with Gasteiger partial charge in [0.1, 0.15) is 4.75 Å². The Bertz CT molecular complexity index is 362. The van der Waals surface area contributed by atoms with Crippen molar-refractivity contribution in [3.63, 3.8) is 0 Å². The van der Waals surface area contributed by atoms with E-state index in [0.29, 0.717) is 6.54 Å². The molecule has 0 aromatic heterocycles. The van der Waals surface area contributed by atoms with Crippen LogP contribution in [-0.4, -0.2) is 44.5 Å². The maximum Gasteiger partial charge on any atom is 0.241 e. The molecule has 17 heavy (non-hydrogen) atoms. The lowest BCUT2D eigenvalue weighted by atomic mass is 10.1. The van der Waals surface area contributed by atoms with Crippen LogP contribution in [0, 0.1) is 0 Å². The number of nitrogens with one attached hydrogen (secondary N) is 2. The number of piperidine rings is 1. The van der Waals surface area contributed by atoms with Crippen molar-refractivity contribution in [3.05, 3.63) is 0 Å². The third-order valence-corrected chi connectivity index (χ3v) is 5.15. The average Bonchev–Trinajstić information content (AvgIpc) is 2.17. The van der Waals surface area contributed by atoms with E-state index < -0.39 is 20.5 Å². The summed E-state index contributed by atoms with van der Waals surface area (Å²) in [6, 6.07) is 0.0438. The molecule has 1 amide bonds. The molecule has 0 aromatic carbocycles. The van der Waals surface area contributed by atoms with Gasteiger partial charge in [-0.05, 0) is 33.2 Å². The summed E-state index contributed by atoms with van der Waals surface area (Å²) in [5, 5.41) is 5.95. The molecule has 1 heterocycles. The van der Waals surface area contributed by atoms with Gasteiger partial charge in [-0.2, -0.15) is 0 Å². The lowest BCUT2D eigenvalue weighted by Crippen LogP contribution is -2.54. The molecule has 1 fully saturated rings. The van der Waals surface area contributed by atoms with Crippen molar-refractivity contribution >= 4 is 28.2 Å². The molecule has 0 spiro atoms. The zero-order chi connectivity index (χ0) is 12.4. The molecule has 1 aliphatic rings. The number of halogens is 1. The second kappa shape index (κ2) is 6.02. The number of hydrogen-bond donors (Lipinski definition) is 2. The monoisotopic (exact) mass is 284 g/mol. The smallest absolute Gasteiger partial charge is 0.241 e. The van der Waals surface area contributed by atoms with E-state index in [9.17, 15) is 13.2 Å². The van der Waals surface area contributed by atoms with Crippen molar-refractivity contribution in [1.82, 2.24) is 10.6 Å². The first-order chi connectivity index (χ1) is 7.25. The second-order valence-electron chi connectivity index (χ2n) is 4.80. The molecule has 1 aliphatic heterocycles. The Kier molecular flexibility index (Phi) is 5.90. The van der Waals surface area contributed by atoms with E-state index >= 15 is 0 Å². The van der Waals surface area contributed by atoms with Crippen molar-refractivity contribution in [2.75, 3.05) is 19.3 Å². The molecule has 1 unspecified atom stereocenters. The highest BCUT2D eigenvalue weighted by molar-refractivity contribution is 7.92. The lowest BCUT2D eigenvalue weighted by Gasteiger charge is -2.28. The van der Waals surface area contributed by atoms with E-state index in [2.05, 4.69) is 10.6 Å². The van der Waals surface area contributed by atoms with E-state index in [-0.39, 0.29) is 18.4 Å². The summed E-state index contributed by atoms with van der Waals surface area (Å²) in [4.78, 5) is 11.9. The molecule has 1 rings (SSSR count). The van der Waals surface area contributed by atoms with Gasteiger partial charge in [-0.3, -0.25) is 4.79 Å². The van der Waals surface area contributed by atoms with Crippen LogP contribution >= 0.6 is 12.4 Å². The minimum absolute atomic E-state index is 0. The summed E-state index contributed by atoms with van der Waals surface area (Å²) in [5.41, 5.74) is 0. The molecule has 0 aromatic rings. The number of sulfone groups is 1. The maximum atomic E-state index is 11.9. The zero-order valence-corrected chi connectivity index (χ0v) is 12.1. The topological polar surface area (TPSA) is 75.3 Å². The number of carbonyl (C=O) groups excluding carboxylic acids is 1. The van der Waals surface area contributed by atoms with E-state index in [1.54, 1.807) is 0 Å². The van der Waals surface area contributed by atoms with Crippen molar-refractivity contribution in [3.8, 4) is 0 Å². The molecule has 1 saturated heterocycles. The quantitative estimate of drug-likeness (QED) is 0.771. The Morgan fingerprint density at radius 2 is 2.00 bits per heavy atom. The van der Waals surface area contributed by atoms with Crippen LogP contribution in [0.3, 0.4) is 0 Å². The standard InChI is InChI=1S/C10H20N2O3S.ClH/c1-10(2,16(3,14)15)9(13)12-8-5-4-6-11-7-8;/h8,11H,4-7H2,1-3H3,(H,12,13);1H. The molecule has 0 aliphatic carbocycles. The van der Waals surface area contributed by atoms with Crippen molar-refractivity contribution in [1.29, 1.82) is 0 Å². The van der Waals surface area contributed by atoms with Gasteiger partial charge in [0, 0.05) is 18.8 Å². The highest BCUT2D eigenvalue weighted by Gasteiger charge is 2.39. The SMILES string of the molecule is CC(C)(C(=O)NC1CCCNC1)S(C)(=O)=O.Cl. The van der Waals surface area contributed by atoms with Gasteiger partial charge in [0.15, 0.2) is 9.84 Å². The van der Waals surface area contributed by atoms with Crippen LogP contribution in [0.25, 0.3) is 0 Å². The van der Waals surface area contributed by atoms with Crippen LogP contribution in [-0.2, 0) is 14.6 Å². The van der Waals surface area contributed by atoms with Crippen molar-refractivity contribution in [2.45, 2.75) is 37.5 Å². The normalized spacial score (nSPS) is 21.5.